The van der Waals surface area contributed by atoms with Crippen LogP contribution in [0.4, 0.5) is 4.79 Å². The molecule has 2 aromatic carbocycles. The predicted molar refractivity (Wildman–Crippen MR) is 124 cm³/mol. The number of rotatable bonds is 6. The summed E-state index contributed by atoms with van der Waals surface area (Å²) in [6.45, 7) is 0.237. The maximum Gasteiger partial charge on any atom is 0.407 e. The van der Waals surface area contributed by atoms with Crippen LogP contribution in [0.25, 0.3) is 11.1 Å². The van der Waals surface area contributed by atoms with E-state index in [2.05, 4.69) is 29.6 Å². The Balaban J connectivity index is 1.08. The van der Waals surface area contributed by atoms with Gasteiger partial charge in [-0.15, -0.1) is 0 Å². The molecule has 4 aliphatic rings. The average molecular weight is 461 g/mol. The summed E-state index contributed by atoms with van der Waals surface area (Å²) >= 11 is 0. The van der Waals surface area contributed by atoms with Crippen molar-refractivity contribution in [2.45, 2.75) is 62.1 Å². The van der Waals surface area contributed by atoms with Crippen molar-refractivity contribution in [2.24, 2.45) is 5.92 Å². The largest absolute Gasteiger partial charge is 0.481 e. The third-order valence-electron chi connectivity index (χ3n) is 8.20. The number of hydrogen-bond donors (Lipinski definition) is 2. The molecule has 3 atom stereocenters. The summed E-state index contributed by atoms with van der Waals surface area (Å²) < 4.78 is 5.67. The number of nitrogens with zero attached hydrogens (tertiary/aromatic N) is 1. The summed E-state index contributed by atoms with van der Waals surface area (Å²) in [5, 5.41) is 12.4. The molecule has 2 aliphatic heterocycles. The molecule has 0 radical (unpaired) electrons. The van der Waals surface area contributed by atoms with Gasteiger partial charge >= 0.3 is 12.1 Å². The number of amides is 2. The van der Waals surface area contributed by atoms with Gasteiger partial charge in [0.05, 0.1) is 17.9 Å². The maximum atomic E-state index is 13.1. The van der Waals surface area contributed by atoms with E-state index in [1.807, 2.05) is 24.3 Å². The van der Waals surface area contributed by atoms with Crippen LogP contribution in [0.3, 0.4) is 0 Å². The van der Waals surface area contributed by atoms with Gasteiger partial charge in [-0.1, -0.05) is 48.5 Å². The van der Waals surface area contributed by atoms with E-state index in [4.69, 9.17) is 4.74 Å². The molecule has 3 fully saturated rings. The summed E-state index contributed by atoms with van der Waals surface area (Å²) in [7, 11) is 0. The van der Waals surface area contributed by atoms with E-state index in [1.165, 1.54) is 11.1 Å². The van der Waals surface area contributed by atoms with E-state index in [1.54, 1.807) is 4.90 Å². The van der Waals surface area contributed by atoms with Crippen molar-refractivity contribution < 1.29 is 24.2 Å². The highest BCUT2D eigenvalue weighted by Crippen LogP contribution is 2.46. The van der Waals surface area contributed by atoms with Crippen LogP contribution < -0.4 is 5.32 Å². The second-order valence-corrected chi connectivity index (χ2v) is 10.2. The fourth-order valence-corrected chi connectivity index (χ4v) is 6.37. The minimum absolute atomic E-state index is 0.0110. The SMILES string of the molecule is O=C(NC1(CC(=O)N2[C@H]3CC[C@@H]2[C@H](C(=O)O)C3)CC1)OCC1c2ccccc2-c2ccccc21. The Morgan fingerprint density at radius 2 is 1.65 bits per heavy atom. The van der Waals surface area contributed by atoms with Gasteiger partial charge in [0.2, 0.25) is 5.91 Å². The molecule has 2 N–H and O–H groups in total. The summed E-state index contributed by atoms with van der Waals surface area (Å²) in [6, 6.07) is 16.2. The number of fused-ring (bicyclic) bond motifs is 5. The zero-order valence-corrected chi connectivity index (χ0v) is 18.9. The molecule has 2 saturated heterocycles. The van der Waals surface area contributed by atoms with E-state index in [0.29, 0.717) is 6.42 Å². The van der Waals surface area contributed by atoms with E-state index in [-0.39, 0.29) is 36.9 Å². The van der Waals surface area contributed by atoms with Crippen LogP contribution in [0.1, 0.15) is 55.6 Å². The van der Waals surface area contributed by atoms with Crippen LogP contribution in [0.2, 0.25) is 0 Å². The van der Waals surface area contributed by atoms with Crippen LogP contribution in [-0.2, 0) is 14.3 Å². The van der Waals surface area contributed by atoms with Crippen LogP contribution >= 0.6 is 0 Å². The third-order valence-corrected chi connectivity index (χ3v) is 8.20. The van der Waals surface area contributed by atoms with Gasteiger partial charge in [0.25, 0.3) is 0 Å². The third kappa shape index (κ3) is 3.45. The molecule has 0 spiro atoms. The number of nitrogens with one attached hydrogen (secondary N) is 1. The van der Waals surface area contributed by atoms with E-state index in [0.717, 1.165) is 36.8 Å². The lowest BCUT2D eigenvalue weighted by atomic mass is 9.89. The molecule has 2 bridgehead atoms. The molecule has 0 unspecified atom stereocenters. The number of carboxylic acid groups (broad SMARTS) is 1. The first-order valence-electron chi connectivity index (χ1n) is 12.1. The number of ether oxygens (including phenoxy) is 1. The first kappa shape index (κ1) is 21.2. The van der Waals surface area contributed by atoms with Gasteiger partial charge in [-0.3, -0.25) is 9.59 Å². The Morgan fingerprint density at radius 3 is 2.24 bits per heavy atom. The van der Waals surface area contributed by atoms with E-state index >= 15 is 0 Å². The van der Waals surface area contributed by atoms with Gasteiger partial charge in [0, 0.05) is 18.0 Å². The highest BCUT2D eigenvalue weighted by Gasteiger charge is 2.54. The van der Waals surface area contributed by atoms with Gasteiger partial charge in [0.15, 0.2) is 0 Å². The molecule has 2 aliphatic carbocycles. The average Bonchev–Trinajstić information content (AvgIpc) is 3.19. The standard InChI is InChI=1S/C27H28N2O5/c30-24(29-16-9-10-23(29)21(13-16)25(31)32)14-27(11-12-27)28-26(33)34-15-22-19-7-3-1-5-17(19)18-6-2-4-8-20(18)22/h1-8,16,21-23H,9-15H2,(H,28,33)(H,31,32)/t16-,21+,23+/m0/s1. The Hall–Kier alpha value is -3.35. The molecular formula is C27H28N2O5. The van der Waals surface area contributed by atoms with Crippen molar-refractivity contribution in [2.75, 3.05) is 6.61 Å². The van der Waals surface area contributed by atoms with Gasteiger partial charge < -0.3 is 20.1 Å². The van der Waals surface area contributed by atoms with Crippen molar-refractivity contribution in [3.8, 4) is 11.1 Å². The number of carbonyl (C=O) groups is 3. The zero-order chi connectivity index (χ0) is 23.4. The number of carboxylic acids is 1. The first-order valence-corrected chi connectivity index (χ1v) is 12.1. The van der Waals surface area contributed by atoms with E-state index < -0.39 is 23.5 Å². The predicted octanol–water partition coefficient (Wildman–Crippen LogP) is 3.91. The highest BCUT2D eigenvalue weighted by atomic mass is 16.5. The normalized spacial score (nSPS) is 25.5. The molecule has 34 heavy (non-hydrogen) atoms. The Kier molecular flexibility index (Phi) is 4.90. The first-order chi connectivity index (χ1) is 16.5. The molecule has 6 rings (SSSR count). The van der Waals surface area contributed by atoms with Crippen LogP contribution in [0.5, 0.6) is 0 Å². The molecular weight excluding hydrogens is 432 g/mol. The topological polar surface area (TPSA) is 95.9 Å². The lowest BCUT2D eigenvalue weighted by Gasteiger charge is -2.26. The summed E-state index contributed by atoms with van der Waals surface area (Å²) in [6.07, 6.45) is 3.32. The van der Waals surface area contributed by atoms with Gasteiger partial charge in [-0.2, -0.15) is 0 Å². The monoisotopic (exact) mass is 460 g/mol. The Labute approximate surface area is 198 Å². The number of benzene rings is 2. The van der Waals surface area contributed by atoms with E-state index in [9.17, 15) is 19.5 Å². The van der Waals surface area contributed by atoms with Crippen molar-refractivity contribution in [1.29, 1.82) is 0 Å². The molecule has 0 aromatic heterocycles. The smallest absolute Gasteiger partial charge is 0.407 e. The van der Waals surface area contributed by atoms with Crippen molar-refractivity contribution in [3.05, 3.63) is 59.7 Å². The van der Waals surface area contributed by atoms with Gasteiger partial charge in [-0.05, 0) is 54.4 Å². The molecule has 2 heterocycles. The number of carbonyl (C=O) groups excluding carboxylic acids is 2. The maximum absolute atomic E-state index is 13.1. The fourth-order valence-electron chi connectivity index (χ4n) is 6.37. The van der Waals surface area contributed by atoms with Gasteiger partial charge in [0.1, 0.15) is 6.61 Å². The lowest BCUT2D eigenvalue weighted by molar-refractivity contribution is -0.143. The molecule has 7 nitrogen and oxygen atoms in total. The van der Waals surface area contributed by atoms with Crippen molar-refractivity contribution >= 4 is 18.0 Å². The summed E-state index contributed by atoms with van der Waals surface area (Å²) in [4.78, 5) is 39.1. The summed E-state index contributed by atoms with van der Waals surface area (Å²) in [5.41, 5.74) is 4.10. The fraction of sp³-hybridized carbons (Fsp3) is 0.444. The minimum atomic E-state index is -0.817. The molecule has 176 valence electrons. The second-order valence-electron chi connectivity index (χ2n) is 10.2. The van der Waals surface area contributed by atoms with Crippen molar-refractivity contribution in [1.82, 2.24) is 10.2 Å². The van der Waals surface area contributed by atoms with Crippen LogP contribution in [0, 0.1) is 5.92 Å². The van der Waals surface area contributed by atoms with Gasteiger partial charge in [-0.25, -0.2) is 4.79 Å². The summed E-state index contributed by atoms with van der Waals surface area (Å²) in [5.74, 6) is -1.34. The minimum Gasteiger partial charge on any atom is -0.481 e. The Bertz CT molecular complexity index is 1130. The number of aliphatic carboxylic acids is 1. The van der Waals surface area contributed by atoms with Crippen LogP contribution in [0.15, 0.2) is 48.5 Å². The van der Waals surface area contributed by atoms with Crippen molar-refractivity contribution in [3.63, 3.8) is 0 Å². The lowest BCUT2D eigenvalue weighted by Crippen LogP contribution is -2.45. The Morgan fingerprint density at radius 1 is 1.00 bits per heavy atom. The van der Waals surface area contributed by atoms with Crippen LogP contribution in [-0.4, -0.2) is 52.2 Å². The zero-order valence-electron chi connectivity index (χ0n) is 18.9. The molecule has 2 amide bonds. The molecule has 2 aromatic rings. The molecule has 1 saturated carbocycles. The highest BCUT2D eigenvalue weighted by molar-refractivity contribution is 5.83. The number of hydrogen-bond acceptors (Lipinski definition) is 4. The number of alkyl carbamates (subject to hydrolysis) is 1. The molecule has 7 heteroatoms. The quantitative estimate of drug-likeness (QED) is 0.681. The second kappa shape index (κ2) is 7.86.